The third kappa shape index (κ3) is 3.77. The summed E-state index contributed by atoms with van der Waals surface area (Å²) in [5.41, 5.74) is -0.0494. The summed E-state index contributed by atoms with van der Waals surface area (Å²) in [5.74, 6) is -0.738. The third-order valence-corrected chi connectivity index (χ3v) is 3.89. The number of halogens is 1. The highest BCUT2D eigenvalue weighted by atomic mass is 19.1. The molecule has 1 aliphatic heterocycles. The number of pyridine rings is 1. The zero-order valence-electron chi connectivity index (χ0n) is 12.5. The largest absolute Gasteiger partial charge is 0.396 e. The van der Waals surface area contributed by atoms with Gasteiger partial charge in [0.25, 0.3) is 5.91 Å². The zero-order valence-corrected chi connectivity index (χ0v) is 12.5. The molecule has 116 valence electrons. The molecule has 1 unspecified atom stereocenters. The molecule has 1 aromatic rings. The fourth-order valence-corrected chi connectivity index (χ4v) is 3.07. The molecule has 21 heavy (non-hydrogen) atoms. The van der Waals surface area contributed by atoms with Gasteiger partial charge >= 0.3 is 0 Å². The molecule has 0 aromatic carbocycles. The zero-order chi connectivity index (χ0) is 15.5. The van der Waals surface area contributed by atoms with Crippen molar-refractivity contribution in [2.24, 2.45) is 5.41 Å². The maximum atomic E-state index is 13.2. The number of aliphatic hydroxyl groups excluding tert-OH is 1. The van der Waals surface area contributed by atoms with Crippen LogP contribution in [0, 0.1) is 11.2 Å². The lowest BCUT2D eigenvalue weighted by molar-refractivity contribution is 0.0138. The van der Waals surface area contributed by atoms with Crippen LogP contribution in [0.15, 0.2) is 18.5 Å². The van der Waals surface area contributed by atoms with Crippen LogP contribution in [0.5, 0.6) is 0 Å². The van der Waals surface area contributed by atoms with E-state index in [0.29, 0.717) is 19.6 Å². The molecule has 0 radical (unpaired) electrons. The SMILES string of the molecule is CN(C)CC1(CO)CCCN(C(=O)c2cncc(F)c2)C1. The van der Waals surface area contributed by atoms with Gasteiger partial charge in [0.05, 0.1) is 18.4 Å². The Morgan fingerprint density at radius 2 is 2.29 bits per heavy atom. The number of piperidine rings is 1. The fraction of sp³-hybridized carbons (Fsp3) is 0.600. The molecule has 1 aromatic heterocycles. The fourth-order valence-electron chi connectivity index (χ4n) is 3.07. The van der Waals surface area contributed by atoms with Crippen molar-refractivity contribution >= 4 is 5.91 Å². The van der Waals surface area contributed by atoms with E-state index in [1.54, 1.807) is 4.90 Å². The van der Waals surface area contributed by atoms with Crippen molar-refractivity contribution in [3.63, 3.8) is 0 Å². The van der Waals surface area contributed by atoms with Gasteiger partial charge in [-0.2, -0.15) is 0 Å². The van der Waals surface area contributed by atoms with Crippen molar-refractivity contribution in [1.82, 2.24) is 14.8 Å². The second-order valence-corrected chi connectivity index (χ2v) is 6.12. The second-order valence-electron chi connectivity index (χ2n) is 6.12. The molecule has 2 heterocycles. The smallest absolute Gasteiger partial charge is 0.255 e. The number of rotatable bonds is 4. The normalized spacial score (nSPS) is 22.6. The van der Waals surface area contributed by atoms with Crippen molar-refractivity contribution in [2.75, 3.05) is 40.3 Å². The molecule has 1 fully saturated rings. The topological polar surface area (TPSA) is 56.7 Å². The Morgan fingerprint density at radius 1 is 1.52 bits per heavy atom. The number of hydrogen-bond donors (Lipinski definition) is 1. The molecule has 2 rings (SSSR count). The monoisotopic (exact) mass is 295 g/mol. The number of amides is 1. The van der Waals surface area contributed by atoms with Crippen LogP contribution in [-0.4, -0.2) is 66.1 Å². The van der Waals surface area contributed by atoms with Gasteiger partial charge in [-0.25, -0.2) is 4.39 Å². The number of carbonyl (C=O) groups excluding carboxylic acids is 1. The van der Waals surface area contributed by atoms with Gasteiger partial charge in [-0.1, -0.05) is 0 Å². The molecule has 0 aliphatic carbocycles. The van der Waals surface area contributed by atoms with Gasteiger partial charge in [0.15, 0.2) is 0 Å². The van der Waals surface area contributed by atoms with Crippen LogP contribution < -0.4 is 0 Å². The summed E-state index contributed by atoms with van der Waals surface area (Å²) in [6.45, 7) is 1.87. The van der Waals surface area contributed by atoms with E-state index in [1.165, 1.54) is 12.3 Å². The molecule has 0 saturated carbocycles. The summed E-state index contributed by atoms with van der Waals surface area (Å²) in [7, 11) is 3.91. The van der Waals surface area contributed by atoms with E-state index in [2.05, 4.69) is 4.98 Å². The van der Waals surface area contributed by atoms with Crippen LogP contribution in [0.3, 0.4) is 0 Å². The summed E-state index contributed by atoms with van der Waals surface area (Å²) in [6.07, 6.45) is 4.18. The van der Waals surface area contributed by atoms with Crippen LogP contribution in [-0.2, 0) is 0 Å². The highest BCUT2D eigenvalue weighted by molar-refractivity contribution is 5.94. The lowest BCUT2D eigenvalue weighted by Crippen LogP contribution is -2.52. The van der Waals surface area contributed by atoms with Crippen LogP contribution >= 0.6 is 0 Å². The highest BCUT2D eigenvalue weighted by Crippen LogP contribution is 2.31. The molecule has 1 saturated heterocycles. The Balaban J connectivity index is 2.15. The minimum Gasteiger partial charge on any atom is -0.396 e. The Morgan fingerprint density at radius 3 is 2.90 bits per heavy atom. The summed E-state index contributed by atoms with van der Waals surface area (Å²) in [4.78, 5) is 19.9. The van der Waals surface area contributed by atoms with E-state index < -0.39 is 5.82 Å². The average Bonchev–Trinajstić information content (AvgIpc) is 2.46. The Kier molecular flexibility index (Phi) is 4.90. The van der Waals surface area contributed by atoms with E-state index in [9.17, 15) is 14.3 Å². The quantitative estimate of drug-likeness (QED) is 0.900. The van der Waals surface area contributed by atoms with Gasteiger partial charge < -0.3 is 14.9 Å². The third-order valence-electron chi connectivity index (χ3n) is 3.89. The summed E-state index contributed by atoms with van der Waals surface area (Å²) in [5, 5.41) is 9.77. The molecule has 5 nitrogen and oxygen atoms in total. The van der Waals surface area contributed by atoms with Crippen molar-refractivity contribution in [1.29, 1.82) is 0 Å². The average molecular weight is 295 g/mol. The summed E-state index contributed by atoms with van der Waals surface area (Å²) in [6, 6.07) is 1.20. The number of nitrogens with zero attached hydrogens (tertiary/aromatic N) is 3. The molecule has 1 aliphatic rings. The lowest BCUT2D eigenvalue weighted by atomic mass is 9.80. The Hall–Kier alpha value is -1.53. The van der Waals surface area contributed by atoms with Crippen molar-refractivity contribution < 1.29 is 14.3 Å². The summed E-state index contributed by atoms with van der Waals surface area (Å²) < 4.78 is 13.2. The van der Waals surface area contributed by atoms with Crippen LogP contribution in [0.4, 0.5) is 4.39 Å². The Bertz CT molecular complexity index is 509. The van der Waals surface area contributed by atoms with Gasteiger partial charge in [0.2, 0.25) is 0 Å². The predicted molar refractivity (Wildman–Crippen MR) is 77.4 cm³/mol. The molecular formula is C15H22FN3O2. The molecule has 1 N–H and O–H groups in total. The van der Waals surface area contributed by atoms with E-state index in [0.717, 1.165) is 19.0 Å². The van der Waals surface area contributed by atoms with E-state index >= 15 is 0 Å². The molecule has 0 bridgehead atoms. The van der Waals surface area contributed by atoms with Crippen LogP contribution in [0.1, 0.15) is 23.2 Å². The standard InChI is InChI=1S/C15H22FN3O2/c1-18(2)9-15(11-20)4-3-5-19(10-15)14(21)12-6-13(16)8-17-7-12/h6-8,20H,3-5,9-11H2,1-2H3. The maximum absolute atomic E-state index is 13.2. The van der Waals surface area contributed by atoms with Crippen LogP contribution in [0.2, 0.25) is 0 Å². The minimum atomic E-state index is -0.514. The van der Waals surface area contributed by atoms with Gasteiger partial charge in [0.1, 0.15) is 5.82 Å². The minimum absolute atomic E-state index is 0.0381. The number of likely N-dealkylation sites (tertiary alicyclic amines) is 1. The van der Waals surface area contributed by atoms with Gasteiger partial charge in [-0.05, 0) is 33.0 Å². The molecule has 1 amide bonds. The predicted octanol–water partition coefficient (Wildman–Crippen LogP) is 0.997. The summed E-state index contributed by atoms with van der Waals surface area (Å²) >= 11 is 0. The lowest BCUT2D eigenvalue weighted by Gasteiger charge is -2.43. The van der Waals surface area contributed by atoms with Gasteiger partial charge in [-0.15, -0.1) is 0 Å². The molecule has 0 spiro atoms. The molecule has 6 heteroatoms. The second kappa shape index (κ2) is 6.49. The van der Waals surface area contributed by atoms with Gasteiger partial charge in [-0.3, -0.25) is 9.78 Å². The van der Waals surface area contributed by atoms with Crippen molar-refractivity contribution in [2.45, 2.75) is 12.8 Å². The van der Waals surface area contributed by atoms with E-state index in [1.807, 2.05) is 19.0 Å². The Labute approximate surface area is 124 Å². The number of carbonyl (C=O) groups is 1. The molecule has 1 atom stereocenters. The maximum Gasteiger partial charge on any atom is 0.255 e. The first-order valence-electron chi connectivity index (χ1n) is 7.11. The highest BCUT2D eigenvalue weighted by Gasteiger charge is 2.37. The van der Waals surface area contributed by atoms with E-state index in [-0.39, 0.29) is 23.5 Å². The molecular weight excluding hydrogens is 273 g/mol. The number of aliphatic hydroxyl groups is 1. The van der Waals surface area contributed by atoms with Crippen molar-refractivity contribution in [3.8, 4) is 0 Å². The number of hydrogen-bond acceptors (Lipinski definition) is 4. The van der Waals surface area contributed by atoms with Gasteiger partial charge in [0, 0.05) is 31.2 Å². The first-order valence-corrected chi connectivity index (χ1v) is 7.11. The first kappa shape index (κ1) is 15.9. The number of aromatic nitrogens is 1. The van der Waals surface area contributed by atoms with E-state index in [4.69, 9.17) is 0 Å². The van der Waals surface area contributed by atoms with Crippen LogP contribution in [0.25, 0.3) is 0 Å². The van der Waals surface area contributed by atoms with Crippen molar-refractivity contribution in [3.05, 3.63) is 29.8 Å². The first-order chi connectivity index (χ1) is 9.96.